The fourth-order valence-electron chi connectivity index (χ4n) is 1.09. The lowest BCUT2D eigenvalue weighted by Crippen LogP contribution is -1.81. The van der Waals surface area contributed by atoms with E-state index in [1.165, 1.54) is 23.1 Å². The highest BCUT2D eigenvalue weighted by Crippen LogP contribution is 2.35. The van der Waals surface area contributed by atoms with Crippen LogP contribution in [0.4, 0.5) is 0 Å². The van der Waals surface area contributed by atoms with E-state index in [0.717, 1.165) is 18.0 Å². The number of halogens is 1. The van der Waals surface area contributed by atoms with Crippen molar-refractivity contribution in [3.05, 3.63) is 28.2 Å². The molecule has 0 aliphatic heterocycles. The van der Waals surface area contributed by atoms with Gasteiger partial charge in [0.15, 0.2) is 8.68 Å². The molecular weight excluding hydrogens is 338 g/mol. The molecule has 1 aromatic heterocycles. The minimum atomic E-state index is 0.644. The first kappa shape index (κ1) is 12.9. The smallest absolute Gasteiger partial charge is 0.179 e. The van der Waals surface area contributed by atoms with Gasteiger partial charge in [0.1, 0.15) is 6.07 Å². The maximum atomic E-state index is 9.05. The van der Waals surface area contributed by atoms with Gasteiger partial charge in [-0.2, -0.15) is 5.26 Å². The van der Waals surface area contributed by atoms with E-state index >= 15 is 0 Å². The van der Waals surface area contributed by atoms with Crippen molar-refractivity contribution < 1.29 is 0 Å². The van der Waals surface area contributed by atoms with E-state index in [4.69, 9.17) is 5.26 Å². The predicted molar refractivity (Wildman–Crippen MR) is 74.7 cm³/mol. The highest BCUT2D eigenvalue weighted by molar-refractivity contribution is 9.10. The molecular formula is C10H6BrN3S3. The molecule has 0 amide bonds. The van der Waals surface area contributed by atoms with Crippen molar-refractivity contribution in [2.75, 3.05) is 6.26 Å². The van der Waals surface area contributed by atoms with Gasteiger partial charge in [-0.3, -0.25) is 0 Å². The zero-order chi connectivity index (χ0) is 12.3. The third kappa shape index (κ3) is 3.22. The monoisotopic (exact) mass is 343 g/mol. The normalized spacial score (nSPS) is 10.2. The predicted octanol–water partition coefficient (Wildman–Crippen LogP) is 4.05. The van der Waals surface area contributed by atoms with E-state index < -0.39 is 0 Å². The molecule has 0 aliphatic rings. The highest BCUT2D eigenvalue weighted by atomic mass is 79.9. The number of thioether (sulfide) groups is 1. The van der Waals surface area contributed by atoms with Gasteiger partial charge in [0, 0.05) is 9.37 Å². The summed E-state index contributed by atoms with van der Waals surface area (Å²) < 4.78 is 2.69. The third-order valence-electron chi connectivity index (χ3n) is 1.82. The van der Waals surface area contributed by atoms with Crippen molar-refractivity contribution in [2.24, 2.45) is 0 Å². The summed E-state index contributed by atoms with van der Waals surface area (Å²) in [7, 11) is 0. The maximum Gasteiger partial charge on any atom is 0.179 e. The Morgan fingerprint density at radius 3 is 2.76 bits per heavy atom. The van der Waals surface area contributed by atoms with E-state index in [-0.39, 0.29) is 0 Å². The van der Waals surface area contributed by atoms with Crippen LogP contribution in [0.1, 0.15) is 5.56 Å². The summed E-state index contributed by atoms with van der Waals surface area (Å²) in [5.41, 5.74) is 0.644. The van der Waals surface area contributed by atoms with E-state index in [1.54, 1.807) is 17.8 Å². The molecule has 7 heteroatoms. The molecule has 0 aliphatic carbocycles. The van der Waals surface area contributed by atoms with Gasteiger partial charge in [-0.05, 0) is 24.5 Å². The lowest BCUT2D eigenvalue weighted by atomic mass is 10.2. The number of aromatic nitrogens is 2. The lowest BCUT2D eigenvalue weighted by molar-refractivity contribution is 0.955. The number of hydrogen-bond acceptors (Lipinski definition) is 6. The Balaban J connectivity index is 2.27. The summed E-state index contributed by atoms with van der Waals surface area (Å²) in [6.45, 7) is 0. The standard InChI is InChI=1S/C10H6BrN3S3/c1-15-9-13-14-10(17-9)16-8-3-2-7(11)4-6(8)5-12/h2-4H,1H3. The zero-order valence-corrected chi connectivity index (χ0v) is 12.7. The van der Waals surface area contributed by atoms with Gasteiger partial charge >= 0.3 is 0 Å². The number of nitriles is 1. The van der Waals surface area contributed by atoms with Crippen LogP contribution in [-0.4, -0.2) is 16.5 Å². The second kappa shape index (κ2) is 5.87. The van der Waals surface area contributed by atoms with Crippen molar-refractivity contribution in [1.29, 1.82) is 5.26 Å². The molecule has 17 heavy (non-hydrogen) atoms. The molecule has 0 spiro atoms. The van der Waals surface area contributed by atoms with Crippen LogP contribution in [0, 0.1) is 11.3 Å². The van der Waals surface area contributed by atoms with Crippen LogP contribution in [0.5, 0.6) is 0 Å². The summed E-state index contributed by atoms with van der Waals surface area (Å²) in [5, 5.41) is 17.1. The zero-order valence-electron chi connectivity index (χ0n) is 8.68. The molecule has 3 nitrogen and oxygen atoms in total. The molecule has 86 valence electrons. The van der Waals surface area contributed by atoms with Gasteiger partial charge in [-0.15, -0.1) is 10.2 Å². The average Bonchev–Trinajstić information content (AvgIpc) is 2.79. The first-order chi connectivity index (χ1) is 8.22. The first-order valence-corrected chi connectivity index (χ1v) is 8.13. The molecule has 0 N–H and O–H groups in total. The molecule has 0 unspecified atom stereocenters. The van der Waals surface area contributed by atoms with Gasteiger partial charge in [0.05, 0.1) is 5.56 Å². The molecule has 2 rings (SSSR count). The van der Waals surface area contributed by atoms with Crippen molar-refractivity contribution in [3.63, 3.8) is 0 Å². The summed E-state index contributed by atoms with van der Waals surface area (Å²) in [5.74, 6) is 0. The topological polar surface area (TPSA) is 49.6 Å². The van der Waals surface area contributed by atoms with E-state index in [9.17, 15) is 0 Å². The lowest BCUT2D eigenvalue weighted by Gasteiger charge is -2.00. The first-order valence-electron chi connectivity index (χ1n) is 4.48. The van der Waals surface area contributed by atoms with E-state index in [2.05, 4.69) is 32.2 Å². The molecule has 0 bridgehead atoms. The van der Waals surface area contributed by atoms with Crippen LogP contribution < -0.4 is 0 Å². The largest absolute Gasteiger partial charge is 0.192 e. The number of rotatable bonds is 3. The van der Waals surface area contributed by atoms with E-state index in [0.29, 0.717) is 5.56 Å². The fraction of sp³-hybridized carbons (Fsp3) is 0.100. The minimum Gasteiger partial charge on any atom is -0.192 e. The van der Waals surface area contributed by atoms with Crippen LogP contribution in [-0.2, 0) is 0 Å². The number of benzene rings is 1. The molecule has 0 saturated carbocycles. The van der Waals surface area contributed by atoms with Crippen molar-refractivity contribution in [2.45, 2.75) is 13.6 Å². The van der Waals surface area contributed by atoms with Crippen LogP contribution in [0.25, 0.3) is 0 Å². The Labute approximate surface area is 120 Å². The van der Waals surface area contributed by atoms with Gasteiger partial charge < -0.3 is 0 Å². The fourth-order valence-corrected chi connectivity index (χ4v) is 3.91. The Hall–Kier alpha value is -0.550. The van der Waals surface area contributed by atoms with Crippen LogP contribution in [0.3, 0.4) is 0 Å². The van der Waals surface area contributed by atoms with Gasteiger partial charge in [0.2, 0.25) is 0 Å². The maximum absolute atomic E-state index is 9.05. The summed E-state index contributed by atoms with van der Waals surface area (Å²) in [4.78, 5) is 0.902. The van der Waals surface area contributed by atoms with Crippen molar-refractivity contribution in [1.82, 2.24) is 10.2 Å². The summed E-state index contributed by atoms with van der Waals surface area (Å²) >= 11 is 7.93. The Morgan fingerprint density at radius 2 is 2.12 bits per heavy atom. The van der Waals surface area contributed by atoms with Crippen molar-refractivity contribution >= 4 is 50.8 Å². The summed E-state index contributed by atoms with van der Waals surface area (Å²) in [6.07, 6.45) is 1.97. The van der Waals surface area contributed by atoms with Crippen LogP contribution >= 0.6 is 50.8 Å². The van der Waals surface area contributed by atoms with Gasteiger partial charge in [0.25, 0.3) is 0 Å². The molecule has 1 heterocycles. The Kier molecular flexibility index (Phi) is 4.45. The van der Waals surface area contributed by atoms with Gasteiger partial charge in [-0.1, -0.05) is 50.8 Å². The van der Waals surface area contributed by atoms with Crippen molar-refractivity contribution in [3.8, 4) is 6.07 Å². The molecule has 0 saturated heterocycles. The van der Waals surface area contributed by atoms with Crippen LogP contribution in [0.15, 0.2) is 36.2 Å². The minimum absolute atomic E-state index is 0.644. The Bertz CT molecular complexity index is 576. The second-order valence-corrected chi connectivity index (χ2v) is 7.13. The Morgan fingerprint density at radius 1 is 1.35 bits per heavy atom. The third-order valence-corrected chi connectivity index (χ3v) is 5.34. The molecule has 1 aromatic carbocycles. The molecule has 2 aromatic rings. The SMILES string of the molecule is CSc1nnc(Sc2ccc(Br)cc2C#N)s1. The number of hydrogen-bond donors (Lipinski definition) is 0. The highest BCUT2D eigenvalue weighted by Gasteiger charge is 2.09. The molecule has 0 radical (unpaired) electrons. The van der Waals surface area contributed by atoms with Crippen LogP contribution in [0.2, 0.25) is 0 Å². The molecule has 0 atom stereocenters. The summed E-state index contributed by atoms with van der Waals surface area (Å²) in [6, 6.07) is 7.81. The second-order valence-electron chi connectivity index (χ2n) is 2.89. The number of nitrogens with zero attached hydrogens (tertiary/aromatic N) is 3. The molecule has 0 fully saturated rings. The van der Waals surface area contributed by atoms with E-state index in [1.807, 2.05) is 18.4 Å². The van der Waals surface area contributed by atoms with Gasteiger partial charge in [-0.25, -0.2) is 0 Å². The quantitative estimate of drug-likeness (QED) is 0.787. The average molecular weight is 344 g/mol.